The lowest BCUT2D eigenvalue weighted by Gasteiger charge is -2.25. The van der Waals surface area contributed by atoms with Gasteiger partial charge in [-0.05, 0) is 12.8 Å². The standard InChI is InChI=1S/C9H18N2O3S/c12-15(13)7-1-4-11(15)5-2-9-8-14-6-3-10-9/h9-10H,1-8H2. The SMILES string of the molecule is O=S1(=O)CCCN1CCC1COCCN1. The fourth-order valence-electron chi connectivity index (χ4n) is 2.05. The zero-order valence-electron chi connectivity index (χ0n) is 8.81. The van der Waals surface area contributed by atoms with Crippen molar-refractivity contribution in [1.82, 2.24) is 9.62 Å². The molecule has 0 saturated carbocycles. The van der Waals surface area contributed by atoms with Crippen LogP contribution in [0.25, 0.3) is 0 Å². The second-order valence-corrected chi connectivity index (χ2v) is 6.17. The van der Waals surface area contributed by atoms with Crippen LogP contribution in [0.15, 0.2) is 0 Å². The first kappa shape index (κ1) is 11.3. The van der Waals surface area contributed by atoms with Crippen LogP contribution in [0.5, 0.6) is 0 Å². The van der Waals surface area contributed by atoms with Gasteiger partial charge in [0.1, 0.15) is 0 Å². The number of hydrogen-bond acceptors (Lipinski definition) is 4. The molecule has 0 amide bonds. The first-order chi connectivity index (χ1) is 7.18. The summed E-state index contributed by atoms with van der Waals surface area (Å²) in [7, 11) is -2.92. The number of hydrogen-bond donors (Lipinski definition) is 1. The average molecular weight is 234 g/mol. The van der Waals surface area contributed by atoms with Crippen LogP contribution >= 0.6 is 0 Å². The molecule has 1 N–H and O–H groups in total. The Balaban J connectivity index is 1.77. The van der Waals surface area contributed by atoms with Crippen molar-refractivity contribution in [2.45, 2.75) is 18.9 Å². The maximum atomic E-state index is 11.5. The number of nitrogens with one attached hydrogen (secondary N) is 1. The normalized spacial score (nSPS) is 31.9. The Morgan fingerprint density at radius 1 is 1.47 bits per heavy atom. The molecule has 88 valence electrons. The molecule has 0 radical (unpaired) electrons. The molecular formula is C9H18N2O3S. The van der Waals surface area contributed by atoms with Crippen LogP contribution in [0.1, 0.15) is 12.8 Å². The van der Waals surface area contributed by atoms with Crippen LogP contribution in [0.2, 0.25) is 0 Å². The molecule has 2 aliphatic heterocycles. The molecule has 0 bridgehead atoms. The number of sulfonamides is 1. The summed E-state index contributed by atoms with van der Waals surface area (Å²) in [6, 6.07) is 0.314. The lowest BCUT2D eigenvalue weighted by atomic mass is 10.2. The van der Waals surface area contributed by atoms with Crippen molar-refractivity contribution in [3.63, 3.8) is 0 Å². The number of rotatable bonds is 3. The maximum Gasteiger partial charge on any atom is 0.214 e. The van der Waals surface area contributed by atoms with Gasteiger partial charge in [-0.3, -0.25) is 0 Å². The van der Waals surface area contributed by atoms with Gasteiger partial charge < -0.3 is 10.1 Å². The Labute approximate surface area is 90.8 Å². The van der Waals surface area contributed by atoms with Crippen LogP contribution < -0.4 is 5.32 Å². The largest absolute Gasteiger partial charge is 0.379 e. The van der Waals surface area contributed by atoms with E-state index < -0.39 is 10.0 Å². The predicted octanol–water partition coefficient (Wildman–Crippen LogP) is -0.600. The Kier molecular flexibility index (Phi) is 3.60. The van der Waals surface area contributed by atoms with Gasteiger partial charge in [-0.1, -0.05) is 0 Å². The summed E-state index contributed by atoms with van der Waals surface area (Å²) in [6.45, 7) is 3.66. The molecule has 5 nitrogen and oxygen atoms in total. The maximum absolute atomic E-state index is 11.5. The van der Waals surface area contributed by atoms with E-state index in [2.05, 4.69) is 5.32 Å². The first-order valence-corrected chi connectivity index (χ1v) is 7.08. The molecule has 0 aromatic carbocycles. The second kappa shape index (κ2) is 4.78. The molecule has 2 saturated heterocycles. The molecule has 0 aromatic heterocycles. The molecule has 2 aliphatic rings. The van der Waals surface area contributed by atoms with Crippen molar-refractivity contribution < 1.29 is 13.2 Å². The highest BCUT2D eigenvalue weighted by Gasteiger charge is 2.28. The van der Waals surface area contributed by atoms with Gasteiger partial charge in [0.15, 0.2) is 0 Å². The zero-order chi connectivity index (χ0) is 10.7. The summed E-state index contributed by atoms with van der Waals surface area (Å²) in [5, 5.41) is 3.32. The van der Waals surface area contributed by atoms with Crippen molar-refractivity contribution in [3.05, 3.63) is 0 Å². The van der Waals surface area contributed by atoms with Crippen molar-refractivity contribution in [3.8, 4) is 0 Å². The van der Waals surface area contributed by atoms with Crippen molar-refractivity contribution in [2.75, 3.05) is 38.6 Å². The van der Waals surface area contributed by atoms with Gasteiger partial charge in [0.2, 0.25) is 10.0 Å². The van der Waals surface area contributed by atoms with Gasteiger partial charge in [0.05, 0.1) is 19.0 Å². The van der Waals surface area contributed by atoms with E-state index in [1.165, 1.54) is 0 Å². The third kappa shape index (κ3) is 2.90. The molecular weight excluding hydrogens is 216 g/mol. The Hall–Kier alpha value is -0.170. The van der Waals surface area contributed by atoms with Crippen LogP contribution in [-0.2, 0) is 14.8 Å². The van der Waals surface area contributed by atoms with Gasteiger partial charge >= 0.3 is 0 Å². The number of morpholine rings is 1. The highest BCUT2D eigenvalue weighted by Crippen LogP contribution is 2.14. The Morgan fingerprint density at radius 3 is 2.93 bits per heavy atom. The summed E-state index contributed by atoms with van der Waals surface area (Å²) in [5.41, 5.74) is 0. The Bertz CT molecular complexity index is 298. The van der Waals surface area contributed by atoms with E-state index in [0.29, 0.717) is 31.5 Å². The second-order valence-electron chi connectivity index (χ2n) is 4.08. The van der Waals surface area contributed by atoms with Crippen molar-refractivity contribution >= 4 is 10.0 Å². The zero-order valence-corrected chi connectivity index (χ0v) is 9.63. The third-order valence-corrected chi connectivity index (χ3v) is 4.89. The molecule has 1 unspecified atom stereocenters. The van der Waals surface area contributed by atoms with E-state index in [4.69, 9.17) is 4.74 Å². The molecule has 0 aromatic rings. The molecule has 2 rings (SSSR count). The number of ether oxygens (including phenoxy) is 1. The van der Waals surface area contributed by atoms with Crippen LogP contribution in [0.3, 0.4) is 0 Å². The highest BCUT2D eigenvalue weighted by atomic mass is 32.2. The minimum absolute atomic E-state index is 0.314. The molecule has 15 heavy (non-hydrogen) atoms. The smallest absolute Gasteiger partial charge is 0.214 e. The summed E-state index contributed by atoms with van der Waals surface area (Å²) < 4.78 is 29.9. The number of nitrogens with zero attached hydrogens (tertiary/aromatic N) is 1. The molecule has 2 heterocycles. The summed E-state index contributed by atoms with van der Waals surface area (Å²) in [6.07, 6.45) is 1.62. The molecule has 2 fully saturated rings. The minimum Gasteiger partial charge on any atom is -0.379 e. The minimum atomic E-state index is -2.92. The van der Waals surface area contributed by atoms with E-state index >= 15 is 0 Å². The van der Waals surface area contributed by atoms with Gasteiger partial charge in [0, 0.05) is 25.7 Å². The van der Waals surface area contributed by atoms with E-state index in [9.17, 15) is 8.42 Å². The van der Waals surface area contributed by atoms with Crippen LogP contribution in [0.4, 0.5) is 0 Å². The van der Waals surface area contributed by atoms with E-state index in [0.717, 1.165) is 26.0 Å². The quantitative estimate of drug-likeness (QED) is 0.708. The Morgan fingerprint density at radius 2 is 2.33 bits per heavy atom. The summed E-state index contributed by atoms with van der Waals surface area (Å²) in [5.74, 6) is 0.321. The topological polar surface area (TPSA) is 58.6 Å². The lowest BCUT2D eigenvalue weighted by Crippen LogP contribution is -2.43. The van der Waals surface area contributed by atoms with Crippen molar-refractivity contribution in [1.29, 1.82) is 0 Å². The van der Waals surface area contributed by atoms with Crippen molar-refractivity contribution in [2.24, 2.45) is 0 Å². The fourth-order valence-corrected chi connectivity index (χ4v) is 3.59. The first-order valence-electron chi connectivity index (χ1n) is 5.47. The molecule has 6 heteroatoms. The molecule has 1 atom stereocenters. The van der Waals surface area contributed by atoms with Gasteiger partial charge in [-0.15, -0.1) is 0 Å². The molecule has 0 aliphatic carbocycles. The highest BCUT2D eigenvalue weighted by molar-refractivity contribution is 7.89. The summed E-state index contributed by atoms with van der Waals surface area (Å²) >= 11 is 0. The van der Waals surface area contributed by atoms with E-state index in [1.807, 2.05) is 0 Å². The van der Waals surface area contributed by atoms with Gasteiger partial charge in [-0.25, -0.2) is 12.7 Å². The van der Waals surface area contributed by atoms with Crippen LogP contribution in [-0.4, -0.2) is 57.4 Å². The van der Waals surface area contributed by atoms with E-state index in [1.54, 1.807) is 4.31 Å². The lowest BCUT2D eigenvalue weighted by molar-refractivity contribution is 0.0727. The average Bonchev–Trinajstić information content (AvgIpc) is 2.56. The summed E-state index contributed by atoms with van der Waals surface area (Å²) in [4.78, 5) is 0. The molecule has 0 spiro atoms. The fraction of sp³-hybridized carbons (Fsp3) is 1.00. The predicted molar refractivity (Wildman–Crippen MR) is 57.2 cm³/mol. The van der Waals surface area contributed by atoms with Gasteiger partial charge in [0.25, 0.3) is 0 Å². The van der Waals surface area contributed by atoms with E-state index in [-0.39, 0.29) is 0 Å². The van der Waals surface area contributed by atoms with Crippen LogP contribution in [0, 0.1) is 0 Å². The third-order valence-electron chi connectivity index (χ3n) is 2.93. The monoisotopic (exact) mass is 234 g/mol. The van der Waals surface area contributed by atoms with Gasteiger partial charge in [-0.2, -0.15) is 0 Å².